The Kier molecular flexibility index (Phi) is 8.69. The fraction of sp³-hybridized carbons (Fsp3) is 0.263. The minimum absolute atomic E-state index is 0. The van der Waals surface area contributed by atoms with E-state index >= 15 is 0 Å². The number of rotatable bonds is 6. The van der Waals surface area contributed by atoms with E-state index in [0.717, 1.165) is 11.0 Å². The topological polar surface area (TPSA) is 83.8 Å². The van der Waals surface area contributed by atoms with Crippen LogP contribution >= 0.6 is 24.8 Å². The van der Waals surface area contributed by atoms with Gasteiger partial charge in [0.1, 0.15) is 11.6 Å². The summed E-state index contributed by atoms with van der Waals surface area (Å²) in [5, 5.41) is 2.86. The molecule has 1 amide bonds. The first-order chi connectivity index (χ1) is 12.0. The van der Waals surface area contributed by atoms with Gasteiger partial charge < -0.3 is 16.0 Å². The van der Waals surface area contributed by atoms with Gasteiger partial charge in [0.25, 0.3) is 0 Å². The number of aromatic nitrogens is 2. The third kappa shape index (κ3) is 6.20. The monoisotopic (exact) mass is 412 g/mol. The smallest absolute Gasteiger partial charge is 0.224 e. The van der Waals surface area contributed by atoms with Crippen LogP contribution in [-0.2, 0) is 11.2 Å². The van der Waals surface area contributed by atoms with Crippen LogP contribution < -0.4 is 11.1 Å². The molecule has 0 saturated carbocycles. The number of hydrogen-bond acceptors (Lipinski definition) is 3. The van der Waals surface area contributed by atoms with Crippen LogP contribution in [0, 0.1) is 5.82 Å². The van der Waals surface area contributed by atoms with Crippen molar-refractivity contribution in [3.63, 3.8) is 0 Å². The van der Waals surface area contributed by atoms with Gasteiger partial charge in [-0.25, -0.2) is 9.37 Å². The molecule has 2 aromatic carbocycles. The second kappa shape index (κ2) is 10.3. The van der Waals surface area contributed by atoms with E-state index in [1.54, 1.807) is 24.3 Å². The van der Waals surface area contributed by atoms with E-state index in [-0.39, 0.29) is 42.6 Å². The molecule has 0 saturated heterocycles. The van der Waals surface area contributed by atoms with Gasteiger partial charge in [0.2, 0.25) is 5.91 Å². The van der Waals surface area contributed by atoms with Crippen molar-refractivity contribution in [3.8, 4) is 0 Å². The Labute approximate surface area is 169 Å². The van der Waals surface area contributed by atoms with Crippen LogP contribution in [0.5, 0.6) is 0 Å². The fourth-order valence-corrected chi connectivity index (χ4v) is 2.63. The number of benzene rings is 2. The Bertz CT molecular complexity index is 898. The summed E-state index contributed by atoms with van der Waals surface area (Å²) < 4.78 is 13.8. The SMILES string of the molecule is CC(N)CCC(=O)Nc1ccc2nc(Cc3ccccc3F)[nH]c2c1.Cl.Cl. The molecular formula is C19H23Cl2FN4O. The van der Waals surface area contributed by atoms with Crippen molar-refractivity contribution in [1.82, 2.24) is 9.97 Å². The summed E-state index contributed by atoms with van der Waals surface area (Å²) in [6.07, 6.45) is 1.42. The van der Waals surface area contributed by atoms with E-state index in [9.17, 15) is 9.18 Å². The Hall–Kier alpha value is -2.15. The zero-order valence-electron chi connectivity index (χ0n) is 14.9. The molecule has 0 spiro atoms. The molecule has 0 fully saturated rings. The first-order valence-corrected chi connectivity index (χ1v) is 8.29. The quantitative estimate of drug-likeness (QED) is 0.566. The average Bonchev–Trinajstić information content (AvgIpc) is 2.97. The summed E-state index contributed by atoms with van der Waals surface area (Å²) in [4.78, 5) is 19.6. The second-order valence-corrected chi connectivity index (χ2v) is 6.25. The lowest BCUT2D eigenvalue weighted by Gasteiger charge is -2.06. The molecule has 1 aromatic heterocycles. The van der Waals surface area contributed by atoms with E-state index in [4.69, 9.17) is 5.73 Å². The summed E-state index contributed by atoms with van der Waals surface area (Å²) in [5.41, 5.74) is 8.53. The molecule has 0 bridgehead atoms. The van der Waals surface area contributed by atoms with Crippen LogP contribution in [0.4, 0.5) is 10.1 Å². The molecule has 0 aliphatic heterocycles. The van der Waals surface area contributed by atoms with E-state index in [0.29, 0.717) is 36.3 Å². The standard InChI is InChI=1S/C19H21FN4O.2ClH/c1-12(21)6-9-19(25)22-14-7-8-16-17(11-14)24-18(23-16)10-13-4-2-3-5-15(13)20;;/h2-5,7-8,11-12H,6,9-10,21H2,1H3,(H,22,25)(H,23,24);2*1H. The van der Waals surface area contributed by atoms with Crippen LogP contribution in [0.15, 0.2) is 42.5 Å². The lowest BCUT2D eigenvalue weighted by Crippen LogP contribution is -2.19. The highest BCUT2D eigenvalue weighted by molar-refractivity contribution is 5.93. The van der Waals surface area contributed by atoms with Crippen molar-refractivity contribution in [2.75, 3.05) is 5.32 Å². The Balaban J connectivity index is 0.00000182. The Morgan fingerprint density at radius 3 is 2.70 bits per heavy atom. The fourth-order valence-electron chi connectivity index (χ4n) is 2.63. The van der Waals surface area contributed by atoms with E-state index in [1.807, 2.05) is 19.1 Å². The third-order valence-corrected chi connectivity index (χ3v) is 3.96. The number of fused-ring (bicyclic) bond motifs is 1. The van der Waals surface area contributed by atoms with Gasteiger partial charge >= 0.3 is 0 Å². The number of halogens is 3. The Morgan fingerprint density at radius 1 is 1.26 bits per heavy atom. The number of carbonyl (C=O) groups excluding carboxylic acids is 1. The predicted molar refractivity (Wildman–Crippen MR) is 111 cm³/mol. The average molecular weight is 413 g/mol. The van der Waals surface area contributed by atoms with Crippen LogP contribution in [0.25, 0.3) is 11.0 Å². The number of nitrogens with one attached hydrogen (secondary N) is 2. The van der Waals surface area contributed by atoms with Crippen molar-refractivity contribution >= 4 is 47.4 Å². The molecule has 27 heavy (non-hydrogen) atoms. The number of anilines is 1. The number of hydrogen-bond donors (Lipinski definition) is 3. The lowest BCUT2D eigenvalue weighted by atomic mass is 10.1. The number of nitrogens with zero attached hydrogens (tertiary/aromatic N) is 1. The van der Waals surface area contributed by atoms with Gasteiger partial charge in [-0.2, -0.15) is 0 Å². The minimum atomic E-state index is -0.245. The minimum Gasteiger partial charge on any atom is -0.342 e. The van der Waals surface area contributed by atoms with Crippen LogP contribution in [0.3, 0.4) is 0 Å². The molecular weight excluding hydrogens is 390 g/mol. The molecule has 3 rings (SSSR count). The normalized spacial score (nSPS) is 11.4. The summed E-state index contributed by atoms with van der Waals surface area (Å²) in [6.45, 7) is 1.88. The van der Waals surface area contributed by atoms with Gasteiger partial charge in [-0.05, 0) is 43.2 Å². The maximum atomic E-state index is 13.8. The molecule has 0 radical (unpaired) electrons. The van der Waals surface area contributed by atoms with E-state index < -0.39 is 0 Å². The van der Waals surface area contributed by atoms with Gasteiger partial charge in [-0.3, -0.25) is 4.79 Å². The van der Waals surface area contributed by atoms with Crippen molar-refractivity contribution in [3.05, 3.63) is 59.7 Å². The molecule has 0 aliphatic rings. The first-order valence-electron chi connectivity index (χ1n) is 8.29. The molecule has 146 valence electrons. The zero-order chi connectivity index (χ0) is 17.8. The third-order valence-electron chi connectivity index (χ3n) is 3.96. The number of carbonyl (C=O) groups is 1. The summed E-state index contributed by atoms with van der Waals surface area (Å²) >= 11 is 0. The Morgan fingerprint density at radius 2 is 2.00 bits per heavy atom. The number of nitrogens with two attached hydrogens (primary N) is 1. The summed E-state index contributed by atoms with van der Waals surface area (Å²) in [6, 6.07) is 12.1. The summed E-state index contributed by atoms with van der Waals surface area (Å²) in [7, 11) is 0. The number of amides is 1. The van der Waals surface area contributed by atoms with Gasteiger partial charge in [0.05, 0.1) is 11.0 Å². The van der Waals surface area contributed by atoms with Gasteiger partial charge in [0.15, 0.2) is 0 Å². The first kappa shape index (κ1) is 22.9. The predicted octanol–water partition coefficient (Wildman–Crippen LogP) is 4.20. The van der Waals surface area contributed by atoms with E-state index in [2.05, 4.69) is 15.3 Å². The highest BCUT2D eigenvalue weighted by atomic mass is 35.5. The highest BCUT2D eigenvalue weighted by Crippen LogP contribution is 2.19. The molecule has 4 N–H and O–H groups in total. The summed E-state index contributed by atoms with van der Waals surface area (Å²) in [5.74, 6) is 0.369. The largest absolute Gasteiger partial charge is 0.342 e. The van der Waals surface area contributed by atoms with Crippen molar-refractivity contribution in [2.24, 2.45) is 5.73 Å². The highest BCUT2D eigenvalue weighted by Gasteiger charge is 2.09. The van der Waals surface area contributed by atoms with Crippen molar-refractivity contribution in [2.45, 2.75) is 32.2 Å². The van der Waals surface area contributed by atoms with Gasteiger partial charge in [-0.15, -0.1) is 24.8 Å². The number of imidazole rings is 1. The molecule has 5 nitrogen and oxygen atoms in total. The van der Waals surface area contributed by atoms with Crippen LogP contribution in [0.2, 0.25) is 0 Å². The van der Waals surface area contributed by atoms with Crippen molar-refractivity contribution in [1.29, 1.82) is 0 Å². The number of aromatic amines is 1. The van der Waals surface area contributed by atoms with Gasteiger partial charge in [-0.1, -0.05) is 18.2 Å². The lowest BCUT2D eigenvalue weighted by molar-refractivity contribution is -0.116. The molecule has 8 heteroatoms. The van der Waals surface area contributed by atoms with Gasteiger partial charge in [0, 0.05) is 24.6 Å². The molecule has 0 aliphatic carbocycles. The van der Waals surface area contributed by atoms with Crippen LogP contribution in [0.1, 0.15) is 31.2 Å². The number of H-pyrrole nitrogens is 1. The maximum absolute atomic E-state index is 13.8. The maximum Gasteiger partial charge on any atom is 0.224 e. The van der Waals surface area contributed by atoms with Crippen LogP contribution in [-0.4, -0.2) is 21.9 Å². The molecule has 3 aromatic rings. The second-order valence-electron chi connectivity index (χ2n) is 6.25. The van der Waals surface area contributed by atoms with Crippen molar-refractivity contribution < 1.29 is 9.18 Å². The zero-order valence-corrected chi connectivity index (χ0v) is 16.5. The molecule has 1 unspecified atom stereocenters. The molecule has 1 atom stereocenters. The van der Waals surface area contributed by atoms with E-state index in [1.165, 1.54) is 6.07 Å². The molecule has 1 heterocycles.